The molecule has 0 atom stereocenters. The summed E-state index contributed by atoms with van der Waals surface area (Å²) in [4.78, 5) is 3.78. The van der Waals surface area contributed by atoms with Crippen molar-refractivity contribution >= 4 is 0 Å². The molecule has 0 amide bonds. The Hall–Kier alpha value is -3.39. The molecule has 0 saturated carbocycles. The average molecular weight is 297 g/mol. The third-order valence-corrected chi connectivity index (χ3v) is 0.566. The molecule has 1 aromatic heterocycles. The second-order valence-corrected chi connectivity index (χ2v) is 1.02. The van der Waals surface area contributed by atoms with Gasteiger partial charge in [0.15, 0.2) is 0 Å². The van der Waals surface area contributed by atoms with Gasteiger partial charge >= 0.3 is 0 Å². The van der Waals surface area contributed by atoms with Crippen LogP contribution < -0.4 is 0 Å². The fourth-order valence-corrected chi connectivity index (χ4v) is 0.313. The van der Waals surface area contributed by atoms with Crippen LogP contribution in [0, 0.1) is 71.0 Å². The van der Waals surface area contributed by atoms with Crippen LogP contribution in [-0.2, 0) is 17.1 Å². The molecule has 0 aromatic carbocycles. The largest absolute Gasteiger partial charge is 0.265 e. The molecule has 0 bridgehead atoms. The topological polar surface area (TPSA) is 156 Å². The van der Waals surface area contributed by atoms with Gasteiger partial charge in [-0.2, -0.15) is 0 Å². The van der Waals surface area contributed by atoms with Gasteiger partial charge in [-0.3, -0.25) is 4.98 Å². The molecular weight excluding hydrogens is 286 g/mol. The molecule has 1 heterocycles. The summed E-state index contributed by atoms with van der Waals surface area (Å²) in [7, 11) is 0. The number of hydrogen-bond donors (Lipinski definition) is 0. The van der Waals surface area contributed by atoms with Gasteiger partial charge in [0.2, 0.25) is 0 Å². The maximum Gasteiger partial charge on any atom is 0.0462 e. The quantitative estimate of drug-likeness (QED) is 0.662. The van der Waals surface area contributed by atoms with Gasteiger partial charge in [-0.1, -0.05) is 6.07 Å². The van der Waals surface area contributed by atoms with Crippen molar-refractivity contribution in [2.75, 3.05) is 0 Å². The summed E-state index contributed by atoms with van der Waals surface area (Å²) in [5.41, 5.74) is 0. The van der Waals surface area contributed by atoms with Crippen molar-refractivity contribution in [1.29, 1.82) is 31.6 Å². The van der Waals surface area contributed by atoms with E-state index in [0.29, 0.717) is 0 Å². The molecule has 0 saturated heterocycles. The molecule has 0 aliphatic carbocycles. The van der Waals surface area contributed by atoms with Crippen molar-refractivity contribution < 1.29 is 17.1 Å². The fraction of sp³-hybridized carbons (Fsp3) is 0. The molecular formula is C11H11FeN7. The van der Waals surface area contributed by atoms with E-state index in [1.54, 1.807) is 12.4 Å². The predicted molar refractivity (Wildman–Crippen MR) is 64.3 cm³/mol. The Morgan fingerprint density at radius 3 is 0.737 bits per heavy atom. The van der Waals surface area contributed by atoms with E-state index in [0.717, 1.165) is 0 Å². The van der Waals surface area contributed by atoms with Gasteiger partial charge in [0.1, 0.15) is 0 Å². The van der Waals surface area contributed by atoms with Gasteiger partial charge in [0, 0.05) is 68.9 Å². The fourth-order valence-electron chi connectivity index (χ4n) is 0.313. The van der Waals surface area contributed by atoms with Crippen LogP contribution in [0.2, 0.25) is 0 Å². The maximum absolute atomic E-state index is 6.50. The number of hydrogen-bond acceptors (Lipinski definition) is 7. The Labute approximate surface area is 124 Å². The standard InChI is InChI=1S/C5H5N.6CHN.Fe/c1-2-4-6-5-3-1;6*1-2;/h1-5H;6*1H;. The molecule has 0 aliphatic rings. The van der Waals surface area contributed by atoms with E-state index in [2.05, 4.69) is 44.4 Å². The minimum atomic E-state index is 0. The Bertz CT molecular complexity index is 237. The van der Waals surface area contributed by atoms with Gasteiger partial charge in [-0.15, -0.1) is 0 Å². The van der Waals surface area contributed by atoms with Crippen LogP contribution in [0.5, 0.6) is 0 Å². The van der Waals surface area contributed by atoms with Crippen molar-refractivity contribution in [3.8, 4) is 39.4 Å². The predicted octanol–water partition coefficient (Wildman–Crippen LogP) is 1.92. The Morgan fingerprint density at radius 2 is 0.684 bits per heavy atom. The van der Waals surface area contributed by atoms with Gasteiger partial charge in [0.25, 0.3) is 0 Å². The first-order valence-corrected chi connectivity index (χ1v) is 3.40. The van der Waals surface area contributed by atoms with E-state index in [9.17, 15) is 0 Å². The van der Waals surface area contributed by atoms with E-state index < -0.39 is 0 Å². The van der Waals surface area contributed by atoms with Crippen LogP contribution in [0.1, 0.15) is 0 Å². The van der Waals surface area contributed by atoms with Crippen LogP contribution in [0.4, 0.5) is 0 Å². The van der Waals surface area contributed by atoms with E-state index in [1.807, 2.05) is 18.2 Å². The van der Waals surface area contributed by atoms with Crippen molar-refractivity contribution in [2.45, 2.75) is 0 Å². The summed E-state index contributed by atoms with van der Waals surface area (Å²) in [5.74, 6) is 0. The van der Waals surface area contributed by atoms with Gasteiger partial charge in [0.05, 0.1) is 0 Å². The Morgan fingerprint density at radius 1 is 0.474 bits per heavy atom. The number of aromatic nitrogens is 1. The normalized spacial score (nSPS) is 3.16. The summed E-state index contributed by atoms with van der Waals surface area (Å²) >= 11 is 0. The van der Waals surface area contributed by atoms with E-state index >= 15 is 0 Å². The molecule has 7 nitrogen and oxygen atoms in total. The van der Waals surface area contributed by atoms with Crippen LogP contribution >= 0.6 is 0 Å². The summed E-state index contributed by atoms with van der Waals surface area (Å²) in [5, 5.41) is 39.0. The molecule has 0 N–H and O–H groups in total. The summed E-state index contributed by atoms with van der Waals surface area (Å²) in [6, 6.07) is 5.72. The smallest absolute Gasteiger partial charge is 0.0462 e. The van der Waals surface area contributed by atoms with Crippen molar-refractivity contribution in [3.63, 3.8) is 0 Å². The zero-order valence-corrected chi connectivity index (χ0v) is 10.9. The third kappa shape index (κ3) is 341. The monoisotopic (exact) mass is 297 g/mol. The first-order valence-electron chi connectivity index (χ1n) is 3.40. The van der Waals surface area contributed by atoms with E-state index in [-0.39, 0.29) is 17.1 Å². The number of nitriles is 6. The van der Waals surface area contributed by atoms with E-state index in [4.69, 9.17) is 31.6 Å². The summed E-state index contributed by atoms with van der Waals surface area (Å²) < 4.78 is 0. The Balaban J connectivity index is -0.0000000195. The summed E-state index contributed by atoms with van der Waals surface area (Å²) in [6.07, 6.45) is 3.50. The second-order valence-electron chi connectivity index (χ2n) is 1.02. The molecule has 1 aromatic rings. The minimum Gasteiger partial charge on any atom is -0.265 e. The molecule has 0 aliphatic heterocycles. The first kappa shape index (κ1) is 44.9. The number of pyridine rings is 1. The first-order chi connectivity index (χ1) is 9.00. The molecule has 8 heteroatoms. The zero-order valence-electron chi connectivity index (χ0n) is 9.83. The van der Waals surface area contributed by atoms with Crippen molar-refractivity contribution in [2.24, 2.45) is 0 Å². The second kappa shape index (κ2) is 397. The van der Waals surface area contributed by atoms with Crippen LogP contribution in [0.3, 0.4) is 0 Å². The SMILES string of the molecule is C#N.C#N.C#N.C#N.C#N.C#N.[Fe].c1ccncc1. The van der Waals surface area contributed by atoms with Crippen LogP contribution in [0.25, 0.3) is 0 Å². The molecule has 98 valence electrons. The van der Waals surface area contributed by atoms with Crippen LogP contribution in [-0.4, -0.2) is 4.98 Å². The number of nitrogens with zero attached hydrogens (tertiary/aromatic N) is 7. The molecule has 0 fully saturated rings. The molecule has 0 spiro atoms. The maximum atomic E-state index is 6.50. The van der Waals surface area contributed by atoms with Crippen LogP contribution in [0.15, 0.2) is 30.6 Å². The molecule has 19 heavy (non-hydrogen) atoms. The van der Waals surface area contributed by atoms with Crippen molar-refractivity contribution in [3.05, 3.63) is 30.6 Å². The summed E-state index contributed by atoms with van der Waals surface area (Å²) in [6.45, 7) is 21.0. The minimum absolute atomic E-state index is 0. The molecule has 1 rings (SSSR count). The molecule has 0 radical (unpaired) electrons. The van der Waals surface area contributed by atoms with Gasteiger partial charge in [-0.05, 0) is 12.1 Å². The van der Waals surface area contributed by atoms with Crippen molar-refractivity contribution in [1.82, 2.24) is 4.98 Å². The Kier molecular flexibility index (Phi) is 940. The van der Waals surface area contributed by atoms with E-state index in [1.165, 1.54) is 0 Å². The zero-order chi connectivity index (χ0) is 16.2. The van der Waals surface area contributed by atoms with Gasteiger partial charge < -0.3 is 0 Å². The number of rotatable bonds is 0. The van der Waals surface area contributed by atoms with Gasteiger partial charge in [-0.25, -0.2) is 31.6 Å². The third-order valence-electron chi connectivity index (χ3n) is 0.566. The average Bonchev–Trinajstić information content (AvgIpc) is 2.60. The molecule has 0 unspecified atom stereocenters.